The number of aromatic nitrogens is 2. The highest BCUT2D eigenvalue weighted by atomic mass is 16.5. The Balaban J connectivity index is 1.36. The summed E-state index contributed by atoms with van der Waals surface area (Å²) >= 11 is 0. The standard InChI is InChI=1S/C37H44N2O2/c1-4-5-6-7-8-9-10-11-12-17-25-41-34-26-32(38-36(39-34)29-20-14-16-24-33(29)40)28-21-18-23-31-35(28)27-19-13-15-22-30(27)37(31,2)3/h13-16,18-24,26,40H,4-12,17,25H2,1-3H3. The number of para-hydroxylation sites is 1. The second kappa shape index (κ2) is 13.3. The van der Waals surface area contributed by atoms with Crippen molar-refractivity contribution in [3.63, 3.8) is 0 Å². The van der Waals surface area contributed by atoms with E-state index in [0.29, 0.717) is 23.9 Å². The fourth-order valence-corrected chi connectivity index (χ4v) is 6.15. The van der Waals surface area contributed by atoms with Crippen molar-refractivity contribution in [3.05, 3.63) is 83.9 Å². The van der Waals surface area contributed by atoms with Crippen LogP contribution in [-0.4, -0.2) is 21.7 Å². The highest BCUT2D eigenvalue weighted by Gasteiger charge is 2.36. The molecule has 5 rings (SSSR count). The van der Waals surface area contributed by atoms with E-state index in [1.807, 2.05) is 24.3 Å². The van der Waals surface area contributed by atoms with Gasteiger partial charge in [-0.2, -0.15) is 4.98 Å². The third-order valence-corrected chi connectivity index (χ3v) is 8.48. The van der Waals surface area contributed by atoms with Crippen molar-refractivity contribution in [3.8, 4) is 45.4 Å². The Labute approximate surface area is 245 Å². The van der Waals surface area contributed by atoms with Gasteiger partial charge in [-0.25, -0.2) is 4.98 Å². The molecule has 0 saturated carbocycles. The van der Waals surface area contributed by atoms with Crippen molar-refractivity contribution >= 4 is 0 Å². The fraction of sp³-hybridized carbons (Fsp3) is 0.405. The van der Waals surface area contributed by atoms with E-state index in [9.17, 15) is 5.11 Å². The van der Waals surface area contributed by atoms with Gasteiger partial charge in [0.15, 0.2) is 5.82 Å². The lowest BCUT2D eigenvalue weighted by molar-refractivity contribution is 0.293. The topological polar surface area (TPSA) is 55.2 Å². The molecule has 4 heteroatoms. The first-order valence-corrected chi connectivity index (χ1v) is 15.5. The van der Waals surface area contributed by atoms with Gasteiger partial charge in [-0.1, -0.05) is 133 Å². The summed E-state index contributed by atoms with van der Waals surface area (Å²) in [5, 5.41) is 10.6. The number of unbranched alkanes of at least 4 members (excludes halogenated alkanes) is 9. The number of fused-ring (bicyclic) bond motifs is 3. The van der Waals surface area contributed by atoms with E-state index in [4.69, 9.17) is 14.7 Å². The average Bonchev–Trinajstić information content (AvgIpc) is 3.23. The van der Waals surface area contributed by atoms with Crippen molar-refractivity contribution < 1.29 is 9.84 Å². The molecule has 0 unspecified atom stereocenters. The SMILES string of the molecule is CCCCCCCCCCCCOc1cc(-c2cccc3c2-c2ccccc2C3(C)C)nc(-c2ccccc2O)n1. The van der Waals surface area contributed by atoms with Crippen LogP contribution in [0.1, 0.15) is 96.1 Å². The summed E-state index contributed by atoms with van der Waals surface area (Å²) < 4.78 is 6.24. The Morgan fingerprint density at radius 1 is 0.659 bits per heavy atom. The lowest BCUT2D eigenvalue weighted by atomic mass is 9.82. The summed E-state index contributed by atoms with van der Waals surface area (Å²) in [6.45, 7) is 7.46. The molecule has 0 spiro atoms. The van der Waals surface area contributed by atoms with Crippen molar-refractivity contribution in [1.82, 2.24) is 9.97 Å². The minimum Gasteiger partial charge on any atom is -0.507 e. The van der Waals surface area contributed by atoms with Crippen LogP contribution >= 0.6 is 0 Å². The van der Waals surface area contributed by atoms with E-state index >= 15 is 0 Å². The monoisotopic (exact) mass is 548 g/mol. The molecule has 41 heavy (non-hydrogen) atoms. The van der Waals surface area contributed by atoms with E-state index in [1.54, 1.807) is 6.07 Å². The van der Waals surface area contributed by atoms with Crippen LogP contribution < -0.4 is 4.74 Å². The van der Waals surface area contributed by atoms with Crippen molar-refractivity contribution in [1.29, 1.82) is 0 Å². The van der Waals surface area contributed by atoms with Gasteiger partial charge < -0.3 is 9.84 Å². The number of phenolic OH excluding ortho intramolecular Hbond substituents is 1. The predicted octanol–water partition coefficient (Wildman–Crippen LogP) is 10.1. The highest BCUT2D eigenvalue weighted by molar-refractivity contribution is 5.92. The molecule has 0 aliphatic heterocycles. The van der Waals surface area contributed by atoms with E-state index in [2.05, 4.69) is 63.2 Å². The molecular formula is C37H44N2O2. The third kappa shape index (κ3) is 6.48. The van der Waals surface area contributed by atoms with Crippen molar-refractivity contribution in [2.75, 3.05) is 6.61 Å². The number of aromatic hydroxyl groups is 1. The van der Waals surface area contributed by atoms with Gasteiger partial charge in [-0.05, 0) is 40.8 Å². The van der Waals surface area contributed by atoms with Crippen LogP contribution in [0, 0.1) is 0 Å². The lowest BCUT2D eigenvalue weighted by Crippen LogP contribution is -2.14. The van der Waals surface area contributed by atoms with Crippen LogP contribution in [0.4, 0.5) is 0 Å². The van der Waals surface area contributed by atoms with Crippen LogP contribution in [0.2, 0.25) is 0 Å². The molecule has 0 saturated heterocycles. The van der Waals surface area contributed by atoms with Gasteiger partial charge >= 0.3 is 0 Å². The Kier molecular flexibility index (Phi) is 9.38. The van der Waals surface area contributed by atoms with Crippen LogP contribution in [0.25, 0.3) is 33.8 Å². The van der Waals surface area contributed by atoms with Crippen LogP contribution in [0.15, 0.2) is 72.8 Å². The van der Waals surface area contributed by atoms with Gasteiger partial charge in [-0.15, -0.1) is 0 Å². The third-order valence-electron chi connectivity index (χ3n) is 8.48. The number of nitrogens with zero attached hydrogens (tertiary/aromatic N) is 2. The molecule has 1 aromatic heterocycles. The van der Waals surface area contributed by atoms with Crippen LogP contribution in [0.5, 0.6) is 11.6 Å². The quantitative estimate of drug-likeness (QED) is 0.159. The lowest BCUT2D eigenvalue weighted by Gasteiger charge is -2.21. The average molecular weight is 549 g/mol. The van der Waals surface area contributed by atoms with E-state index < -0.39 is 0 Å². The Hall–Kier alpha value is -3.66. The maximum Gasteiger partial charge on any atom is 0.217 e. The molecule has 4 nitrogen and oxygen atoms in total. The number of phenols is 1. The summed E-state index contributed by atoms with van der Waals surface area (Å²) in [6, 6.07) is 24.4. The first-order chi connectivity index (χ1) is 20.0. The van der Waals surface area contributed by atoms with Gasteiger partial charge in [0.05, 0.1) is 17.9 Å². The van der Waals surface area contributed by atoms with Gasteiger partial charge in [0.25, 0.3) is 0 Å². The molecule has 0 radical (unpaired) electrons. The van der Waals surface area contributed by atoms with E-state index in [-0.39, 0.29) is 11.2 Å². The van der Waals surface area contributed by atoms with Crippen LogP contribution in [-0.2, 0) is 5.41 Å². The number of hydrogen-bond acceptors (Lipinski definition) is 4. The van der Waals surface area contributed by atoms with Crippen molar-refractivity contribution in [2.24, 2.45) is 0 Å². The molecule has 0 bridgehead atoms. The number of rotatable bonds is 14. The summed E-state index contributed by atoms with van der Waals surface area (Å²) in [4.78, 5) is 9.73. The minimum atomic E-state index is -0.0929. The second-order valence-corrected chi connectivity index (χ2v) is 11.9. The van der Waals surface area contributed by atoms with Gasteiger partial charge in [0.2, 0.25) is 5.88 Å². The first-order valence-electron chi connectivity index (χ1n) is 15.5. The molecular weight excluding hydrogens is 504 g/mol. The molecule has 214 valence electrons. The summed E-state index contributed by atoms with van der Waals surface area (Å²) in [5.74, 6) is 1.18. The molecule has 1 aliphatic rings. The van der Waals surface area contributed by atoms with E-state index in [1.165, 1.54) is 73.6 Å². The minimum absolute atomic E-state index is 0.0929. The first kappa shape index (κ1) is 28.9. The molecule has 3 aromatic carbocycles. The number of benzene rings is 3. The largest absolute Gasteiger partial charge is 0.507 e. The zero-order chi connectivity index (χ0) is 28.7. The zero-order valence-corrected chi connectivity index (χ0v) is 25.0. The summed E-state index contributed by atoms with van der Waals surface area (Å²) in [5.41, 5.74) is 7.47. The van der Waals surface area contributed by atoms with E-state index in [0.717, 1.165) is 24.1 Å². The molecule has 0 fully saturated rings. The van der Waals surface area contributed by atoms with Crippen molar-refractivity contribution in [2.45, 2.75) is 90.4 Å². The number of hydrogen-bond donors (Lipinski definition) is 1. The van der Waals surface area contributed by atoms with Crippen LogP contribution in [0.3, 0.4) is 0 Å². The van der Waals surface area contributed by atoms with Gasteiger partial charge in [0, 0.05) is 17.0 Å². The van der Waals surface area contributed by atoms with Gasteiger partial charge in [0.1, 0.15) is 5.75 Å². The van der Waals surface area contributed by atoms with Gasteiger partial charge in [-0.3, -0.25) is 0 Å². The Morgan fingerprint density at radius 2 is 1.27 bits per heavy atom. The smallest absolute Gasteiger partial charge is 0.217 e. The maximum absolute atomic E-state index is 10.6. The second-order valence-electron chi connectivity index (χ2n) is 11.9. The molecule has 1 heterocycles. The maximum atomic E-state index is 10.6. The Bertz CT molecular complexity index is 1460. The Morgan fingerprint density at radius 3 is 2.00 bits per heavy atom. The molecule has 1 N–H and O–H groups in total. The fourth-order valence-electron chi connectivity index (χ4n) is 6.15. The summed E-state index contributed by atoms with van der Waals surface area (Å²) in [6.07, 6.45) is 12.8. The molecule has 0 amide bonds. The normalized spacial score (nSPS) is 13.1. The molecule has 1 aliphatic carbocycles. The highest BCUT2D eigenvalue weighted by Crippen LogP contribution is 2.51. The zero-order valence-electron chi connectivity index (χ0n) is 25.0. The molecule has 4 aromatic rings. The predicted molar refractivity (Wildman–Crippen MR) is 169 cm³/mol. The summed E-state index contributed by atoms with van der Waals surface area (Å²) in [7, 11) is 0. The molecule has 0 atom stereocenters. The number of ether oxygens (including phenoxy) is 1.